The molecule has 1 atom stereocenters. The third kappa shape index (κ3) is 5.92. The van der Waals surface area contributed by atoms with Crippen molar-refractivity contribution in [2.24, 2.45) is 7.05 Å². The third-order valence-electron chi connectivity index (χ3n) is 3.01. The van der Waals surface area contributed by atoms with Gasteiger partial charge in [-0.05, 0) is 20.8 Å². The number of amides is 1. The van der Waals surface area contributed by atoms with E-state index in [0.717, 1.165) is 5.69 Å². The Balaban J connectivity index is 3.13. The number of hydrogen-bond donors (Lipinski definition) is 2. The van der Waals surface area contributed by atoms with Gasteiger partial charge in [-0.2, -0.15) is 5.10 Å². The minimum Gasteiger partial charge on any atom is -0.481 e. The molecule has 0 spiro atoms. The summed E-state index contributed by atoms with van der Waals surface area (Å²) in [5.74, 6) is -1.00. The Hall–Kier alpha value is -2.05. The van der Waals surface area contributed by atoms with Crippen LogP contribution < -0.4 is 5.32 Å². The number of hydrogen-bond acceptors (Lipinski definition) is 4. The molecule has 0 bridgehead atoms. The summed E-state index contributed by atoms with van der Waals surface area (Å²) in [6.07, 6.45) is 0.854. The van der Waals surface area contributed by atoms with Crippen molar-refractivity contribution in [2.75, 3.05) is 0 Å². The Morgan fingerprint density at radius 3 is 2.30 bits per heavy atom. The monoisotopic (exact) mass is 325 g/mol. The molecule has 1 heterocycles. The third-order valence-corrected chi connectivity index (χ3v) is 3.01. The summed E-state index contributed by atoms with van der Waals surface area (Å²) >= 11 is 0. The zero-order valence-corrected chi connectivity index (χ0v) is 14.9. The lowest BCUT2D eigenvalue weighted by molar-refractivity contribution is -0.137. The van der Waals surface area contributed by atoms with Crippen molar-refractivity contribution in [1.82, 2.24) is 15.1 Å². The van der Waals surface area contributed by atoms with Gasteiger partial charge in [-0.1, -0.05) is 20.8 Å². The molecule has 0 aliphatic rings. The first-order chi connectivity index (χ1) is 10.3. The molecule has 130 valence electrons. The van der Waals surface area contributed by atoms with Gasteiger partial charge in [0.15, 0.2) is 0 Å². The van der Waals surface area contributed by atoms with Crippen LogP contribution in [0.25, 0.3) is 0 Å². The number of nitrogens with one attached hydrogen (secondary N) is 1. The fraction of sp³-hybridized carbons (Fsp3) is 0.688. The number of carbonyl (C=O) groups excluding carboxylic acids is 1. The van der Waals surface area contributed by atoms with E-state index < -0.39 is 23.7 Å². The van der Waals surface area contributed by atoms with Crippen molar-refractivity contribution >= 4 is 12.1 Å². The number of carbonyl (C=O) groups is 2. The van der Waals surface area contributed by atoms with Crippen molar-refractivity contribution in [3.8, 4) is 0 Å². The summed E-state index contributed by atoms with van der Waals surface area (Å²) in [6.45, 7) is 11.2. The number of alkyl carbamates (subject to hydrolysis) is 1. The van der Waals surface area contributed by atoms with Gasteiger partial charge in [-0.25, -0.2) is 4.79 Å². The van der Waals surface area contributed by atoms with Gasteiger partial charge < -0.3 is 15.2 Å². The van der Waals surface area contributed by atoms with E-state index in [9.17, 15) is 14.7 Å². The summed E-state index contributed by atoms with van der Waals surface area (Å²) in [4.78, 5) is 23.2. The minimum atomic E-state index is -1.00. The molecule has 1 rings (SSSR count). The molecule has 2 N–H and O–H groups in total. The molecule has 0 saturated heterocycles. The lowest BCUT2D eigenvalue weighted by Crippen LogP contribution is -2.36. The second-order valence-electron chi connectivity index (χ2n) is 7.65. The molecule has 1 aromatic heterocycles. The summed E-state index contributed by atoms with van der Waals surface area (Å²) in [7, 11) is 1.77. The van der Waals surface area contributed by atoms with Gasteiger partial charge >= 0.3 is 12.1 Å². The number of ether oxygens (including phenoxy) is 1. The SMILES string of the molecule is Cn1cc(C(CC(=O)O)NC(=O)OC(C)(C)C)c(C(C)(C)C)n1. The molecule has 0 aromatic carbocycles. The predicted molar refractivity (Wildman–Crippen MR) is 86.3 cm³/mol. The lowest BCUT2D eigenvalue weighted by Gasteiger charge is -2.25. The van der Waals surface area contributed by atoms with Gasteiger partial charge in [-0.15, -0.1) is 0 Å². The van der Waals surface area contributed by atoms with Crippen molar-refractivity contribution in [3.63, 3.8) is 0 Å². The zero-order chi connectivity index (χ0) is 18.0. The number of rotatable bonds is 4. The van der Waals surface area contributed by atoms with E-state index in [1.165, 1.54) is 0 Å². The smallest absolute Gasteiger partial charge is 0.408 e. The van der Waals surface area contributed by atoms with Gasteiger partial charge in [0, 0.05) is 24.2 Å². The molecule has 7 heteroatoms. The Morgan fingerprint density at radius 1 is 1.30 bits per heavy atom. The summed E-state index contributed by atoms with van der Waals surface area (Å²) in [5.41, 5.74) is 0.512. The average Bonchev–Trinajstić information content (AvgIpc) is 2.66. The van der Waals surface area contributed by atoms with Crippen molar-refractivity contribution in [3.05, 3.63) is 17.5 Å². The molecule has 0 aliphatic heterocycles. The van der Waals surface area contributed by atoms with Crippen LogP contribution in [-0.4, -0.2) is 32.6 Å². The molecular weight excluding hydrogens is 298 g/mol. The standard InChI is InChI=1S/C16H27N3O4/c1-15(2,3)13-10(9-19(7)18-13)11(8-12(20)21)17-14(22)23-16(4,5)6/h9,11H,8H2,1-7H3,(H,17,22)(H,20,21). The highest BCUT2D eigenvalue weighted by Crippen LogP contribution is 2.30. The Morgan fingerprint density at radius 2 is 1.87 bits per heavy atom. The van der Waals surface area contributed by atoms with E-state index in [4.69, 9.17) is 4.74 Å². The van der Waals surface area contributed by atoms with Crippen LogP contribution in [-0.2, 0) is 22.0 Å². The maximum absolute atomic E-state index is 12.0. The van der Waals surface area contributed by atoms with Crippen LogP contribution in [0, 0.1) is 0 Å². The molecule has 0 saturated carbocycles. The number of aryl methyl sites for hydroxylation is 1. The first-order valence-corrected chi connectivity index (χ1v) is 7.55. The summed E-state index contributed by atoms with van der Waals surface area (Å²) in [5, 5.41) is 16.2. The fourth-order valence-electron chi connectivity index (χ4n) is 2.21. The predicted octanol–water partition coefficient (Wildman–Crippen LogP) is 2.76. The summed E-state index contributed by atoms with van der Waals surface area (Å²) < 4.78 is 6.86. The van der Waals surface area contributed by atoms with Crippen LogP contribution >= 0.6 is 0 Å². The highest BCUT2D eigenvalue weighted by molar-refractivity contribution is 5.72. The Kier molecular flexibility index (Phi) is 5.45. The summed E-state index contributed by atoms with van der Waals surface area (Å²) in [6, 6.07) is -0.703. The molecule has 1 aromatic rings. The van der Waals surface area contributed by atoms with Crippen LogP contribution in [0.2, 0.25) is 0 Å². The molecule has 0 fully saturated rings. The molecule has 1 amide bonds. The first-order valence-electron chi connectivity index (χ1n) is 7.55. The Bertz CT molecular complexity index is 579. The molecule has 23 heavy (non-hydrogen) atoms. The number of carboxylic acids is 1. The second-order valence-corrected chi connectivity index (χ2v) is 7.65. The fourth-order valence-corrected chi connectivity index (χ4v) is 2.21. The van der Waals surface area contributed by atoms with Crippen LogP contribution in [0.1, 0.15) is 65.3 Å². The largest absolute Gasteiger partial charge is 0.481 e. The van der Waals surface area contributed by atoms with Gasteiger partial charge in [0.05, 0.1) is 18.2 Å². The maximum atomic E-state index is 12.0. The topological polar surface area (TPSA) is 93.5 Å². The van der Waals surface area contributed by atoms with Crippen LogP contribution in [0.15, 0.2) is 6.20 Å². The number of aliphatic carboxylic acids is 1. The normalized spacial score (nSPS) is 13.5. The molecule has 1 unspecified atom stereocenters. The minimum absolute atomic E-state index is 0.242. The second kappa shape index (κ2) is 6.60. The van der Waals surface area contributed by atoms with Crippen molar-refractivity contribution in [1.29, 1.82) is 0 Å². The Labute approximate surface area is 137 Å². The molecular formula is C16H27N3O4. The van der Waals surface area contributed by atoms with E-state index in [1.807, 2.05) is 20.8 Å². The van der Waals surface area contributed by atoms with Crippen LogP contribution in [0.5, 0.6) is 0 Å². The van der Waals surface area contributed by atoms with E-state index in [-0.39, 0.29) is 11.8 Å². The van der Waals surface area contributed by atoms with E-state index in [1.54, 1.807) is 38.7 Å². The van der Waals surface area contributed by atoms with E-state index in [0.29, 0.717) is 5.56 Å². The quantitative estimate of drug-likeness (QED) is 0.888. The zero-order valence-electron chi connectivity index (χ0n) is 14.9. The van der Waals surface area contributed by atoms with Crippen molar-refractivity contribution in [2.45, 2.75) is 65.0 Å². The van der Waals surface area contributed by atoms with E-state index in [2.05, 4.69) is 10.4 Å². The maximum Gasteiger partial charge on any atom is 0.408 e. The van der Waals surface area contributed by atoms with Crippen molar-refractivity contribution < 1.29 is 19.4 Å². The molecule has 0 radical (unpaired) electrons. The van der Waals surface area contributed by atoms with E-state index >= 15 is 0 Å². The number of aromatic nitrogens is 2. The number of nitrogens with zero attached hydrogens (tertiary/aromatic N) is 2. The molecule has 7 nitrogen and oxygen atoms in total. The average molecular weight is 325 g/mol. The first kappa shape index (κ1) is 19.0. The van der Waals surface area contributed by atoms with Gasteiger partial charge in [0.2, 0.25) is 0 Å². The highest BCUT2D eigenvalue weighted by Gasteiger charge is 2.30. The van der Waals surface area contributed by atoms with Gasteiger partial charge in [-0.3, -0.25) is 9.48 Å². The van der Waals surface area contributed by atoms with Gasteiger partial charge in [0.1, 0.15) is 5.60 Å². The van der Waals surface area contributed by atoms with Crippen LogP contribution in [0.3, 0.4) is 0 Å². The molecule has 0 aliphatic carbocycles. The van der Waals surface area contributed by atoms with Crippen LogP contribution in [0.4, 0.5) is 4.79 Å². The number of carboxylic acid groups (broad SMARTS) is 1. The van der Waals surface area contributed by atoms with Gasteiger partial charge in [0.25, 0.3) is 0 Å². The highest BCUT2D eigenvalue weighted by atomic mass is 16.6. The lowest BCUT2D eigenvalue weighted by atomic mass is 9.87.